The van der Waals surface area contributed by atoms with Crippen molar-refractivity contribution < 1.29 is 22.8 Å². The van der Waals surface area contributed by atoms with Gasteiger partial charge in [-0.3, -0.25) is 0 Å². The lowest BCUT2D eigenvalue weighted by atomic mass is 10.0. The van der Waals surface area contributed by atoms with E-state index in [2.05, 4.69) is 4.98 Å². The van der Waals surface area contributed by atoms with Crippen molar-refractivity contribution in [2.24, 2.45) is 0 Å². The molecule has 1 aliphatic heterocycles. The molecule has 33 heavy (non-hydrogen) atoms. The highest BCUT2D eigenvalue weighted by atomic mass is 32.2. The smallest absolute Gasteiger partial charge is 0.387 e. The molecule has 5 rings (SSSR count). The van der Waals surface area contributed by atoms with Crippen LogP contribution in [-0.2, 0) is 9.73 Å². The van der Waals surface area contributed by atoms with Crippen molar-refractivity contribution in [1.82, 2.24) is 9.55 Å². The average Bonchev–Trinajstić information content (AvgIpc) is 3.30. The molecule has 0 saturated carbocycles. The molecule has 3 aromatic carbocycles. The maximum absolute atomic E-state index is 13.0. The molecule has 0 bridgehead atoms. The van der Waals surface area contributed by atoms with Crippen LogP contribution in [0.4, 0.5) is 8.78 Å². The number of ether oxygens (including phenoxy) is 1. The molecule has 1 aromatic heterocycles. The molecule has 1 aliphatic rings. The first-order valence-electron chi connectivity index (χ1n) is 10.3. The van der Waals surface area contributed by atoms with Gasteiger partial charge in [-0.15, -0.1) is 0 Å². The van der Waals surface area contributed by atoms with Crippen LogP contribution in [0.25, 0.3) is 22.2 Å². The number of aromatic nitrogens is 2. The number of imidazole rings is 1. The van der Waals surface area contributed by atoms with Crippen LogP contribution in [0, 0.1) is 4.78 Å². The summed E-state index contributed by atoms with van der Waals surface area (Å²) < 4.78 is 52.3. The van der Waals surface area contributed by atoms with Gasteiger partial charge in [0, 0.05) is 23.1 Å². The van der Waals surface area contributed by atoms with E-state index in [1.54, 1.807) is 30.3 Å². The van der Waals surface area contributed by atoms with Crippen molar-refractivity contribution in [1.29, 1.82) is 4.78 Å². The van der Waals surface area contributed by atoms with Gasteiger partial charge in [0.25, 0.3) is 0 Å². The van der Waals surface area contributed by atoms with Gasteiger partial charge in [-0.1, -0.05) is 36.4 Å². The first-order chi connectivity index (χ1) is 15.7. The van der Waals surface area contributed by atoms with Crippen molar-refractivity contribution >= 4 is 20.8 Å². The zero-order chi connectivity index (χ0) is 23.3. The van der Waals surface area contributed by atoms with Gasteiger partial charge in [0.2, 0.25) is 0 Å². The Morgan fingerprint density at radius 2 is 1.82 bits per heavy atom. The van der Waals surface area contributed by atoms with E-state index in [4.69, 9.17) is 9.52 Å². The largest absolute Gasteiger partial charge is 0.434 e. The number of hydrogen-bond acceptors (Lipinski definition) is 5. The van der Waals surface area contributed by atoms with Gasteiger partial charge < -0.3 is 14.4 Å². The number of para-hydroxylation sites is 1. The van der Waals surface area contributed by atoms with Crippen LogP contribution in [0.1, 0.15) is 30.0 Å². The summed E-state index contributed by atoms with van der Waals surface area (Å²) in [4.78, 5) is 5.04. The maximum Gasteiger partial charge on any atom is 0.387 e. The maximum atomic E-state index is 13.0. The molecule has 170 valence electrons. The molecule has 4 aromatic rings. The van der Waals surface area contributed by atoms with Gasteiger partial charge in [-0.05, 0) is 41.5 Å². The minimum Gasteiger partial charge on any atom is -0.434 e. The van der Waals surface area contributed by atoms with E-state index in [1.807, 2.05) is 34.9 Å². The first kappa shape index (κ1) is 21.5. The van der Waals surface area contributed by atoms with Crippen LogP contribution in [-0.4, -0.2) is 31.7 Å². The van der Waals surface area contributed by atoms with Crippen LogP contribution in [0.15, 0.2) is 71.6 Å². The second-order valence-electron chi connectivity index (χ2n) is 8.10. The van der Waals surface area contributed by atoms with E-state index >= 15 is 0 Å². The fraction of sp³-hybridized carbons (Fsp3) is 0.208. The fourth-order valence-corrected chi connectivity index (χ4v) is 5.06. The number of rotatable bonds is 5. The third-order valence-corrected chi connectivity index (χ3v) is 7.08. The minimum absolute atomic E-state index is 0.0738. The molecule has 0 saturated heterocycles. The number of nitrogens with zero attached hydrogens (tertiary/aromatic N) is 2. The monoisotopic (exact) mass is 469 g/mol. The van der Waals surface area contributed by atoms with Crippen molar-refractivity contribution in [2.45, 2.75) is 30.1 Å². The van der Waals surface area contributed by atoms with Gasteiger partial charge in [0.1, 0.15) is 17.7 Å². The molecule has 6 nitrogen and oxygen atoms in total. The Balaban J connectivity index is 1.62. The molecule has 0 spiro atoms. The third kappa shape index (κ3) is 3.87. The molecule has 2 heterocycles. The number of nitrogens with one attached hydrogen (secondary N) is 1. The lowest BCUT2D eigenvalue weighted by molar-refractivity contribution is -0.0507. The molecule has 0 unspecified atom stereocenters. The normalized spacial score (nSPS) is 19.5. The number of alkyl halides is 2. The number of benzene rings is 3. The topological polar surface area (TPSA) is 88.2 Å². The molecule has 0 radical (unpaired) electrons. The van der Waals surface area contributed by atoms with Gasteiger partial charge in [-0.2, -0.15) is 8.78 Å². The number of aliphatic hydroxyl groups is 1. The highest BCUT2D eigenvalue weighted by Crippen LogP contribution is 2.44. The highest BCUT2D eigenvalue weighted by molar-refractivity contribution is 7.91. The van der Waals surface area contributed by atoms with E-state index in [9.17, 15) is 18.1 Å². The molecule has 2 N–H and O–H groups in total. The Morgan fingerprint density at radius 1 is 1.12 bits per heavy atom. The summed E-state index contributed by atoms with van der Waals surface area (Å²) in [6, 6.07) is 18.9. The zero-order valence-corrected chi connectivity index (χ0v) is 18.4. The van der Waals surface area contributed by atoms with Crippen LogP contribution in [0.3, 0.4) is 0 Å². The summed E-state index contributed by atoms with van der Waals surface area (Å²) in [5, 5.41) is 10.7. The minimum atomic E-state index is -2.95. The quantitative estimate of drug-likeness (QED) is 0.412. The molecular weight excluding hydrogens is 448 g/mol. The molecular formula is C24H21F2N3O3S. The van der Waals surface area contributed by atoms with Crippen molar-refractivity contribution in [3.8, 4) is 16.9 Å². The van der Waals surface area contributed by atoms with Crippen LogP contribution in [0.2, 0.25) is 0 Å². The van der Waals surface area contributed by atoms with Crippen molar-refractivity contribution in [2.75, 3.05) is 6.26 Å². The van der Waals surface area contributed by atoms with E-state index in [0.717, 1.165) is 16.6 Å². The summed E-state index contributed by atoms with van der Waals surface area (Å²) in [5.41, 5.74) is 3.75. The summed E-state index contributed by atoms with van der Waals surface area (Å²) in [7, 11) is -2.80. The summed E-state index contributed by atoms with van der Waals surface area (Å²) in [6.07, 6.45) is 0.847. The van der Waals surface area contributed by atoms with Gasteiger partial charge >= 0.3 is 6.61 Å². The number of aliphatic hydroxyl groups excluding tert-OH is 1. The second kappa shape index (κ2) is 7.93. The number of hydrogen-bond donors (Lipinski definition) is 2. The Labute approximate surface area is 189 Å². The van der Waals surface area contributed by atoms with E-state index in [-0.39, 0.29) is 5.75 Å². The Hall–Kier alpha value is -3.30. The highest BCUT2D eigenvalue weighted by Gasteiger charge is 2.35. The van der Waals surface area contributed by atoms with Crippen molar-refractivity contribution in [3.63, 3.8) is 0 Å². The van der Waals surface area contributed by atoms with Gasteiger partial charge in [0.15, 0.2) is 0 Å². The molecule has 0 fully saturated rings. The standard InChI is InChI=1S/C24H21F2N3O3S/c1-33(27,31)16-9-6-14(7-10-16)15-8-11-18-20(12-15)29-19(13-21(30)23(29)28-18)17-4-2-3-5-22(17)32-24(25)26/h2-12,19,21,24,27,30H,13H2,1H3/t19-,21-,33-/m1/s1. The molecule has 3 atom stereocenters. The summed E-state index contributed by atoms with van der Waals surface area (Å²) in [6.45, 7) is -2.95. The van der Waals surface area contributed by atoms with Crippen LogP contribution in [0.5, 0.6) is 5.75 Å². The Kier molecular flexibility index (Phi) is 5.18. The summed E-state index contributed by atoms with van der Waals surface area (Å²) >= 11 is 0. The van der Waals surface area contributed by atoms with Crippen LogP contribution < -0.4 is 4.74 Å². The lowest BCUT2D eigenvalue weighted by Crippen LogP contribution is -2.10. The predicted octanol–water partition coefficient (Wildman–Crippen LogP) is 5.37. The Morgan fingerprint density at radius 3 is 2.52 bits per heavy atom. The van der Waals surface area contributed by atoms with Crippen LogP contribution >= 0.6 is 0 Å². The summed E-state index contributed by atoms with van der Waals surface area (Å²) in [5.74, 6) is 0.555. The molecule has 0 amide bonds. The number of fused-ring (bicyclic) bond motifs is 3. The predicted molar refractivity (Wildman–Crippen MR) is 121 cm³/mol. The fourth-order valence-electron chi connectivity index (χ4n) is 4.41. The van der Waals surface area contributed by atoms with Crippen molar-refractivity contribution in [3.05, 3.63) is 78.1 Å². The SMILES string of the molecule is C[S@@](=N)(=O)c1ccc(-c2ccc3nc4n(c3c2)[C@@H](c2ccccc2OC(F)F)C[C@H]4O)cc1. The van der Waals surface area contributed by atoms with Gasteiger partial charge in [0.05, 0.1) is 26.8 Å². The van der Waals surface area contributed by atoms with Gasteiger partial charge in [-0.25, -0.2) is 14.0 Å². The zero-order valence-electron chi connectivity index (χ0n) is 17.6. The second-order valence-corrected chi connectivity index (χ2v) is 10.3. The van der Waals surface area contributed by atoms with E-state index in [1.165, 1.54) is 12.3 Å². The number of halogens is 2. The lowest BCUT2D eigenvalue weighted by Gasteiger charge is -2.19. The average molecular weight is 470 g/mol. The molecule has 0 aliphatic carbocycles. The Bertz CT molecular complexity index is 1450. The third-order valence-electron chi connectivity index (χ3n) is 5.90. The molecule has 9 heteroatoms. The van der Waals surface area contributed by atoms with E-state index < -0.39 is 28.5 Å². The first-order valence-corrected chi connectivity index (χ1v) is 12.3. The van der Waals surface area contributed by atoms with E-state index in [0.29, 0.717) is 28.2 Å².